The summed E-state index contributed by atoms with van der Waals surface area (Å²) in [5.74, 6) is 0.658. The molecule has 1 amide bonds. The lowest BCUT2D eigenvalue weighted by molar-refractivity contribution is -0.126. The quantitative estimate of drug-likeness (QED) is 0.560. The molecule has 0 unspecified atom stereocenters. The predicted octanol–water partition coefficient (Wildman–Crippen LogP) is 3.40. The maximum absolute atomic E-state index is 11.3. The summed E-state index contributed by atoms with van der Waals surface area (Å²) in [6.45, 7) is 13.2. The normalized spacial score (nSPS) is 10.1. The van der Waals surface area contributed by atoms with Crippen molar-refractivity contribution in [3.63, 3.8) is 0 Å². The fourth-order valence-electron chi connectivity index (χ4n) is 1.42. The lowest BCUT2D eigenvalue weighted by atomic mass is 10.1. The maximum atomic E-state index is 11.3. The Bertz CT molecular complexity index is 196. The molecule has 0 heterocycles. The van der Waals surface area contributed by atoms with Gasteiger partial charge in [-0.25, -0.2) is 0 Å². The van der Waals surface area contributed by atoms with E-state index in [2.05, 4.69) is 26.1 Å². The van der Waals surface area contributed by atoms with Gasteiger partial charge in [0.25, 0.3) is 0 Å². The van der Waals surface area contributed by atoms with Gasteiger partial charge in [0.1, 0.15) is 6.61 Å². The number of amides is 1. The van der Waals surface area contributed by atoms with E-state index in [9.17, 15) is 4.79 Å². The highest BCUT2D eigenvalue weighted by Crippen LogP contribution is 2.01. The van der Waals surface area contributed by atoms with E-state index in [1.807, 2.05) is 13.8 Å². The Morgan fingerprint density at radius 1 is 1.05 bits per heavy atom. The van der Waals surface area contributed by atoms with E-state index in [4.69, 9.17) is 9.47 Å². The Kier molecular flexibility index (Phi) is 19.9. The molecule has 122 valence electrons. The molecule has 0 fully saturated rings. The van der Waals surface area contributed by atoms with Crippen LogP contribution >= 0.6 is 0 Å². The van der Waals surface area contributed by atoms with Gasteiger partial charge in [-0.15, -0.1) is 0 Å². The van der Waals surface area contributed by atoms with Gasteiger partial charge in [0.05, 0.1) is 13.2 Å². The number of rotatable bonds is 12. The second-order valence-electron chi connectivity index (χ2n) is 4.90. The minimum Gasteiger partial charge on any atom is -0.379 e. The van der Waals surface area contributed by atoms with Crippen LogP contribution in [0.5, 0.6) is 0 Å². The van der Waals surface area contributed by atoms with Gasteiger partial charge in [-0.2, -0.15) is 0 Å². The summed E-state index contributed by atoms with van der Waals surface area (Å²) in [5.41, 5.74) is 0. The summed E-state index contributed by atoms with van der Waals surface area (Å²) in [5, 5.41) is 2.84. The molecule has 1 N–H and O–H groups in total. The molecule has 0 radical (unpaired) electrons. The lowest BCUT2D eigenvalue weighted by Crippen LogP contribution is -2.29. The molecule has 0 aliphatic carbocycles. The average Bonchev–Trinajstić information content (AvgIpc) is 2.44. The van der Waals surface area contributed by atoms with Crippen LogP contribution in [-0.2, 0) is 14.3 Å². The average molecular weight is 289 g/mol. The first kappa shape index (κ1) is 21.7. The van der Waals surface area contributed by atoms with Crippen molar-refractivity contribution in [3.05, 3.63) is 0 Å². The van der Waals surface area contributed by atoms with Gasteiger partial charge in [-0.1, -0.05) is 41.0 Å². The van der Waals surface area contributed by atoms with Crippen LogP contribution in [0.4, 0.5) is 0 Å². The van der Waals surface area contributed by atoms with E-state index in [0.29, 0.717) is 19.1 Å². The summed E-state index contributed by atoms with van der Waals surface area (Å²) < 4.78 is 10.5. The van der Waals surface area contributed by atoms with Crippen LogP contribution < -0.4 is 5.32 Å². The highest BCUT2D eigenvalue weighted by molar-refractivity contribution is 5.77. The van der Waals surface area contributed by atoms with Gasteiger partial charge in [-0.3, -0.25) is 4.79 Å². The molecule has 0 rings (SSSR count). The first-order valence-electron chi connectivity index (χ1n) is 8.09. The first-order valence-corrected chi connectivity index (χ1v) is 8.09. The number of carbonyl (C=O) groups is 1. The molecule has 0 aromatic carbocycles. The predicted molar refractivity (Wildman–Crippen MR) is 85.0 cm³/mol. The van der Waals surface area contributed by atoms with E-state index in [-0.39, 0.29) is 12.5 Å². The summed E-state index contributed by atoms with van der Waals surface area (Å²) in [7, 11) is 0. The summed E-state index contributed by atoms with van der Waals surface area (Å²) in [6, 6.07) is 0. The van der Waals surface area contributed by atoms with Crippen molar-refractivity contribution in [1.82, 2.24) is 5.32 Å². The van der Waals surface area contributed by atoms with Gasteiger partial charge in [0, 0.05) is 13.2 Å². The van der Waals surface area contributed by atoms with Crippen molar-refractivity contribution in [2.24, 2.45) is 5.92 Å². The second-order valence-corrected chi connectivity index (χ2v) is 4.90. The van der Waals surface area contributed by atoms with Crippen molar-refractivity contribution in [3.8, 4) is 0 Å². The second kappa shape index (κ2) is 18.4. The molecule has 4 nitrogen and oxygen atoms in total. The third-order valence-electron chi connectivity index (χ3n) is 2.53. The highest BCUT2D eigenvalue weighted by atomic mass is 16.5. The van der Waals surface area contributed by atoms with Crippen LogP contribution in [0.25, 0.3) is 0 Å². The summed E-state index contributed by atoms with van der Waals surface area (Å²) >= 11 is 0. The van der Waals surface area contributed by atoms with E-state index in [0.717, 1.165) is 38.8 Å². The number of ether oxygens (including phenoxy) is 2. The number of carbonyl (C=O) groups excluding carboxylic acids is 1. The molecule has 0 atom stereocenters. The van der Waals surface area contributed by atoms with Crippen LogP contribution in [0.2, 0.25) is 0 Å². The highest BCUT2D eigenvalue weighted by Gasteiger charge is 2.01. The molecule has 0 saturated heterocycles. The molecular formula is C16H35NO3. The SMILES string of the molecule is CC.CCCCOCCOCC(=O)NCCCC(C)C. The molecule has 0 spiro atoms. The van der Waals surface area contributed by atoms with Crippen LogP contribution in [0.15, 0.2) is 0 Å². The third kappa shape index (κ3) is 19.7. The third-order valence-corrected chi connectivity index (χ3v) is 2.53. The van der Waals surface area contributed by atoms with Crippen molar-refractivity contribution < 1.29 is 14.3 Å². The smallest absolute Gasteiger partial charge is 0.245 e. The van der Waals surface area contributed by atoms with Gasteiger partial charge in [-0.05, 0) is 25.2 Å². The monoisotopic (exact) mass is 289 g/mol. The van der Waals surface area contributed by atoms with Crippen LogP contribution in [0.3, 0.4) is 0 Å². The van der Waals surface area contributed by atoms with Gasteiger partial charge >= 0.3 is 0 Å². The standard InChI is InChI=1S/C14H29NO3.C2H6/c1-4-5-9-17-10-11-18-12-14(16)15-8-6-7-13(2)3;1-2/h13H,4-12H2,1-3H3,(H,15,16);1-2H3. The Labute approximate surface area is 125 Å². The Morgan fingerprint density at radius 2 is 1.70 bits per heavy atom. The lowest BCUT2D eigenvalue weighted by Gasteiger charge is -2.07. The first-order chi connectivity index (χ1) is 9.66. The number of unbranched alkanes of at least 4 members (excludes halogenated alkanes) is 1. The van der Waals surface area contributed by atoms with Gasteiger partial charge < -0.3 is 14.8 Å². The van der Waals surface area contributed by atoms with Crippen molar-refractivity contribution in [2.45, 2.75) is 60.3 Å². The zero-order valence-corrected chi connectivity index (χ0v) is 14.2. The van der Waals surface area contributed by atoms with Crippen LogP contribution in [0.1, 0.15) is 60.3 Å². The van der Waals surface area contributed by atoms with Crippen LogP contribution in [0, 0.1) is 5.92 Å². The summed E-state index contributed by atoms with van der Waals surface area (Å²) in [6.07, 6.45) is 4.39. The van der Waals surface area contributed by atoms with Crippen LogP contribution in [-0.4, -0.2) is 38.9 Å². The zero-order chi connectivity index (χ0) is 15.6. The molecule has 0 aliphatic heterocycles. The molecule has 4 heteroatoms. The van der Waals surface area contributed by atoms with E-state index < -0.39 is 0 Å². The molecule has 0 bridgehead atoms. The molecule has 0 aromatic heterocycles. The van der Waals surface area contributed by atoms with E-state index in [1.54, 1.807) is 0 Å². The van der Waals surface area contributed by atoms with E-state index >= 15 is 0 Å². The molecule has 20 heavy (non-hydrogen) atoms. The Morgan fingerprint density at radius 3 is 2.30 bits per heavy atom. The van der Waals surface area contributed by atoms with Gasteiger partial charge in [0.2, 0.25) is 5.91 Å². The van der Waals surface area contributed by atoms with Crippen molar-refractivity contribution >= 4 is 5.91 Å². The van der Waals surface area contributed by atoms with Gasteiger partial charge in [0.15, 0.2) is 0 Å². The Balaban J connectivity index is 0. The molecule has 0 aliphatic rings. The maximum Gasteiger partial charge on any atom is 0.245 e. The number of hydrogen-bond acceptors (Lipinski definition) is 3. The molecule has 0 aromatic rings. The van der Waals surface area contributed by atoms with E-state index in [1.165, 1.54) is 0 Å². The fourth-order valence-corrected chi connectivity index (χ4v) is 1.42. The number of hydrogen-bond donors (Lipinski definition) is 1. The molecular weight excluding hydrogens is 254 g/mol. The Hall–Kier alpha value is -0.610. The minimum atomic E-state index is -0.0349. The largest absolute Gasteiger partial charge is 0.379 e. The molecule has 0 saturated carbocycles. The van der Waals surface area contributed by atoms with Crippen molar-refractivity contribution in [2.75, 3.05) is 33.0 Å². The van der Waals surface area contributed by atoms with Crippen molar-refractivity contribution in [1.29, 1.82) is 0 Å². The topological polar surface area (TPSA) is 47.6 Å². The zero-order valence-electron chi connectivity index (χ0n) is 14.2. The fraction of sp³-hybridized carbons (Fsp3) is 0.938. The minimum absolute atomic E-state index is 0.0349. The summed E-state index contributed by atoms with van der Waals surface area (Å²) in [4.78, 5) is 11.3. The number of nitrogens with one attached hydrogen (secondary N) is 1.